The van der Waals surface area contributed by atoms with E-state index < -0.39 is 10.8 Å². The Morgan fingerprint density at radius 1 is 1.55 bits per heavy atom. The van der Waals surface area contributed by atoms with Crippen molar-refractivity contribution in [1.29, 1.82) is 0 Å². The summed E-state index contributed by atoms with van der Waals surface area (Å²) in [5, 5.41) is 10.7. The molecule has 0 aliphatic heterocycles. The number of hydrogen-bond acceptors (Lipinski definition) is 4. The summed E-state index contributed by atoms with van der Waals surface area (Å²) in [5.41, 5.74) is 0.468. The number of alkyl halides is 1. The number of amides is 1. The summed E-state index contributed by atoms with van der Waals surface area (Å²) in [5.74, 6) is -0.420. The number of methoxy groups -OCH3 is 1. The van der Waals surface area contributed by atoms with E-state index in [1.54, 1.807) is 26.1 Å². The van der Waals surface area contributed by atoms with Crippen LogP contribution in [0.15, 0.2) is 18.2 Å². The summed E-state index contributed by atoms with van der Waals surface area (Å²) in [4.78, 5) is 24.2. The zero-order chi connectivity index (χ0) is 15.3. The summed E-state index contributed by atoms with van der Waals surface area (Å²) in [6.45, 7) is 2.22. The summed E-state index contributed by atoms with van der Waals surface area (Å²) in [6.07, 6.45) is 0. The second kappa shape index (κ2) is 7.21. The van der Waals surface area contributed by atoms with Gasteiger partial charge >= 0.3 is 0 Å². The number of carbonyl (C=O) groups is 1. The van der Waals surface area contributed by atoms with Crippen molar-refractivity contribution in [2.24, 2.45) is 0 Å². The first-order valence-corrected chi connectivity index (χ1v) is 6.44. The molecule has 20 heavy (non-hydrogen) atoms. The van der Waals surface area contributed by atoms with Crippen molar-refractivity contribution >= 4 is 23.2 Å². The van der Waals surface area contributed by atoms with Crippen LogP contribution in [0.1, 0.15) is 15.9 Å². The lowest BCUT2D eigenvalue weighted by atomic mass is 10.1. The zero-order valence-corrected chi connectivity index (χ0v) is 12.4. The molecule has 1 unspecified atom stereocenters. The lowest BCUT2D eigenvalue weighted by molar-refractivity contribution is -0.385. The molecule has 1 amide bonds. The Bertz CT molecular complexity index is 507. The van der Waals surface area contributed by atoms with E-state index in [0.29, 0.717) is 12.2 Å². The van der Waals surface area contributed by atoms with Gasteiger partial charge in [0.15, 0.2) is 0 Å². The number of nitro benzene ring substituents is 1. The van der Waals surface area contributed by atoms with Gasteiger partial charge in [-0.05, 0) is 12.5 Å². The number of halogens is 1. The average molecular weight is 301 g/mol. The zero-order valence-electron chi connectivity index (χ0n) is 11.6. The molecule has 0 fully saturated rings. The van der Waals surface area contributed by atoms with Crippen molar-refractivity contribution in [3.05, 3.63) is 39.4 Å². The quantitative estimate of drug-likeness (QED) is 0.459. The molecule has 110 valence electrons. The van der Waals surface area contributed by atoms with Crippen molar-refractivity contribution in [3.8, 4) is 0 Å². The molecule has 0 radical (unpaired) electrons. The summed E-state index contributed by atoms with van der Waals surface area (Å²) in [6, 6.07) is 4.54. The molecule has 7 heteroatoms. The second-order valence-corrected chi connectivity index (χ2v) is 5.08. The van der Waals surface area contributed by atoms with Crippen LogP contribution in [0.3, 0.4) is 0 Å². The SMILES string of the molecule is COCC(Cl)CN(C)C(=O)c1c(C)cccc1[N+](=O)[O-]. The van der Waals surface area contributed by atoms with Gasteiger partial charge in [0.25, 0.3) is 11.6 Å². The van der Waals surface area contributed by atoms with Crippen molar-refractivity contribution in [2.45, 2.75) is 12.3 Å². The van der Waals surface area contributed by atoms with Gasteiger partial charge in [-0.25, -0.2) is 0 Å². The maximum absolute atomic E-state index is 12.4. The van der Waals surface area contributed by atoms with Gasteiger partial charge in [-0.2, -0.15) is 0 Å². The van der Waals surface area contributed by atoms with Crippen LogP contribution in [0.25, 0.3) is 0 Å². The first-order valence-electron chi connectivity index (χ1n) is 6.01. The van der Waals surface area contributed by atoms with Gasteiger partial charge in [0.1, 0.15) is 5.56 Å². The minimum Gasteiger partial charge on any atom is -0.383 e. The number of rotatable bonds is 6. The first-order chi connectivity index (χ1) is 9.38. The molecule has 1 atom stereocenters. The number of nitro groups is 1. The van der Waals surface area contributed by atoms with Crippen LogP contribution in [-0.2, 0) is 4.74 Å². The maximum Gasteiger partial charge on any atom is 0.282 e. The minimum atomic E-state index is -0.554. The molecular formula is C13H17ClN2O4. The van der Waals surface area contributed by atoms with Gasteiger partial charge in [-0.15, -0.1) is 11.6 Å². The monoisotopic (exact) mass is 300 g/mol. The van der Waals surface area contributed by atoms with E-state index in [1.165, 1.54) is 18.1 Å². The normalized spacial score (nSPS) is 12.0. The molecule has 1 aromatic carbocycles. The number of ether oxygens (including phenoxy) is 1. The van der Waals surface area contributed by atoms with E-state index in [1.807, 2.05) is 0 Å². The fourth-order valence-corrected chi connectivity index (χ4v) is 2.22. The lowest BCUT2D eigenvalue weighted by Gasteiger charge is -2.20. The van der Waals surface area contributed by atoms with Crippen molar-refractivity contribution in [3.63, 3.8) is 0 Å². The third-order valence-electron chi connectivity index (χ3n) is 2.83. The fraction of sp³-hybridized carbons (Fsp3) is 0.462. The van der Waals surface area contributed by atoms with E-state index >= 15 is 0 Å². The molecule has 0 spiro atoms. The smallest absolute Gasteiger partial charge is 0.282 e. The van der Waals surface area contributed by atoms with Crippen molar-refractivity contribution in [1.82, 2.24) is 4.90 Å². The van der Waals surface area contributed by atoms with E-state index in [-0.39, 0.29) is 23.2 Å². The maximum atomic E-state index is 12.4. The Morgan fingerprint density at radius 3 is 2.75 bits per heavy atom. The highest BCUT2D eigenvalue weighted by Gasteiger charge is 2.25. The molecule has 1 aromatic rings. The molecule has 0 aromatic heterocycles. The molecule has 0 aliphatic carbocycles. The number of benzene rings is 1. The molecule has 0 bridgehead atoms. The molecule has 1 rings (SSSR count). The van der Waals surface area contributed by atoms with E-state index in [0.717, 1.165) is 0 Å². The van der Waals surface area contributed by atoms with Crippen LogP contribution in [0.2, 0.25) is 0 Å². The van der Waals surface area contributed by atoms with Gasteiger partial charge in [0.05, 0.1) is 16.9 Å². The largest absolute Gasteiger partial charge is 0.383 e. The van der Waals surface area contributed by atoms with Gasteiger partial charge < -0.3 is 9.64 Å². The standard InChI is InChI=1S/C13H17ClN2O4/c1-9-5-4-6-11(16(18)19)12(9)13(17)15(2)7-10(14)8-20-3/h4-6,10H,7-8H2,1-3H3. The summed E-state index contributed by atoms with van der Waals surface area (Å²) >= 11 is 6.00. The minimum absolute atomic E-state index is 0.0984. The predicted octanol–water partition coefficient (Wildman–Crippen LogP) is 2.23. The molecule has 0 heterocycles. The highest BCUT2D eigenvalue weighted by Crippen LogP contribution is 2.23. The van der Waals surface area contributed by atoms with Gasteiger partial charge in [-0.1, -0.05) is 12.1 Å². The van der Waals surface area contributed by atoms with Gasteiger partial charge in [-0.3, -0.25) is 14.9 Å². The average Bonchev–Trinajstić information content (AvgIpc) is 2.37. The van der Waals surface area contributed by atoms with E-state index in [9.17, 15) is 14.9 Å². The molecule has 0 aliphatic rings. The summed E-state index contributed by atoms with van der Waals surface area (Å²) in [7, 11) is 3.08. The lowest BCUT2D eigenvalue weighted by Crippen LogP contribution is -2.34. The molecule has 0 N–H and O–H groups in total. The van der Waals surface area contributed by atoms with Crippen LogP contribution in [0, 0.1) is 17.0 Å². The molecule has 0 saturated carbocycles. The Balaban J connectivity index is 3.00. The van der Waals surface area contributed by atoms with E-state index in [4.69, 9.17) is 16.3 Å². The fourth-order valence-electron chi connectivity index (χ4n) is 1.89. The Hall–Kier alpha value is -1.66. The Kier molecular flexibility index (Phi) is 5.91. The van der Waals surface area contributed by atoms with Crippen LogP contribution in [0.5, 0.6) is 0 Å². The van der Waals surface area contributed by atoms with Crippen LogP contribution in [-0.4, -0.2) is 48.4 Å². The molecule has 0 saturated heterocycles. The number of hydrogen-bond donors (Lipinski definition) is 0. The predicted molar refractivity (Wildman–Crippen MR) is 76.3 cm³/mol. The van der Waals surface area contributed by atoms with Gasteiger partial charge in [0, 0.05) is 26.8 Å². The highest BCUT2D eigenvalue weighted by atomic mass is 35.5. The number of nitrogens with zero attached hydrogens (tertiary/aromatic N) is 2. The Morgan fingerprint density at radius 2 is 2.20 bits per heavy atom. The van der Waals surface area contributed by atoms with Crippen molar-refractivity contribution < 1.29 is 14.5 Å². The number of aryl methyl sites for hydroxylation is 1. The van der Waals surface area contributed by atoms with Crippen molar-refractivity contribution in [2.75, 3.05) is 27.3 Å². The van der Waals surface area contributed by atoms with E-state index in [2.05, 4.69) is 0 Å². The number of carbonyl (C=O) groups excluding carboxylic acids is 1. The highest BCUT2D eigenvalue weighted by molar-refractivity contribution is 6.21. The van der Waals surface area contributed by atoms with Crippen LogP contribution >= 0.6 is 11.6 Å². The third kappa shape index (κ3) is 3.91. The molecular weight excluding hydrogens is 284 g/mol. The van der Waals surface area contributed by atoms with Gasteiger partial charge in [0.2, 0.25) is 0 Å². The Labute approximate surface area is 122 Å². The van der Waals surface area contributed by atoms with Crippen LogP contribution in [0.4, 0.5) is 5.69 Å². The third-order valence-corrected chi connectivity index (χ3v) is 3.09. The second-order valence-electron chi connectivity index (χ2n) is 4.46. The van der Waals surface area contributed by atoms with Crippen LogP contribution < -0.4 is 0 Å². The first kappa shape index (κ1) is 16.4. The molecule has 6 nitrogen and oxygen atoms in total. The topological polar surface area (TPSA) is 72.7 Å². The summed E-state index contributed by atoms with van der Waals surface area (Å²) < 4.78 is 4.90.